The third-order valence-corrected chi connectivity index (χ3v) is 6.42. The fourth-order valence-corrected chi connectivity index (χ4v) is 4.68. The fourth-order valence-electron chi connectivity index (χ4n) is 2.64. The van der Waals surface area contributed by atoms with Crippen LogP contribution >= 0.6 is 7.37 Å². The van der Waals surface area contributed by atoms with Crippen molar-refractivity contribution in [2.75, 3.05) is 5.73 Å². The van der Waals surface area contributed by atoms with Crippen molar-refractivity contribution in [3.63, 3.8) is 0 Å². The van der Waals surface area contributed by atoms with Crippen LogP contribution in [0.2, 0.25) is 0 Å². The molecule has 0 radical (unpaired) electrons. The molecule has 2 N–H and O–H groups in total. The van der Waals surface area contributed by atoms with Crippen LogP contribution in [-0.4, -0.2) is 0 Å². The first-order valence-electron chi connectivity index (χ1n) is 7.78. The van der Waals surface area contributed by atoms with Crippen molar-refractivity contribution in [2.24, 2.45) is 0 Å². The Morgan fingerprint density at radius 1 is 0.792 bits per heavy atom. The second-order valence-corrected chi connectivity index (χ2v) is 8.10. The molecule has 0 aliphatic heterocycles. The number of hydrogen-bond donors (Lipinski definition) is 1. The number of nitrogen functional groups attached to an aromatic ring is 1. The van der Waals surface area contributed by atoms with Crippen molar-refractivity contribution in [3.8, 4) is 5.75 Å². The Bertz CT molecular complexity index is 826. The molecule has 122 valence electrons. The molecule has 0 fully saturated rings. The Labute approximate surface area is 142 Å². The SMILES string of the molecule is Cc1cc(OP(=O)(c2ccccc2)c2ccccc2)cc(C)c1N. The maximum Gasteiger partial charge on any atom is 0.306 e. The first kappa shape index (κ1) is 16.4. The number of hydrogen-bond acceptors (Lipinski definition) is 3. The van der Waals surface area contributed by atoms with Gasteiger partial charge in [-0.2, -0.15) is 0 Å². The molecule has 0 saturated heterocycles. The average molecular weight is 337 g/mol. The highest BCUT2D eigenvalue weighted by Crippen LogP contribution is 2.45. The van der Waals surface area contributed by atoms with Crippen molar-refractivity contribution < 1.29 is 9.09 Å². The number of anilines is 1. The van der Waals surface area contributed by atoms with Gasteiger partial charge in [0.2, 0.25) is 0 Å². The zero-order valence-electron chi connectivity index (χ0n) is 13.8. The number of aryl methyl sites for hydroxylation is 2. The Kier molecular flexibility index (Phi) is 4.46. The summed E-state index contributed by atoms with van der Waals surface area (Å²) in [5, 5.41) is 1.34. The van der Waals surface area contributed by atoms with Crippen molar-refractivity contribution >= 4 is 23.7 Å². The number of rotatable bonds is 4. The summed E-state index contributed by atoms with van der Waals surface area (Å²) in [6, 6.07) is 22.3. The number of nitrogens with two attached hydrogens (primary N) is 1. The lowest BCUT2D eigenvalue weighted by molar-refractivity contribution is 0.502. The Hall–Kier alpha value is -2.51. The molecule has 24 heavy (non-hydrogen) atoms. The van der Waals surface area contributed by atoms with Crippen LogP contribution in [0.3, 0.4) is 0 Å². The van der Waals surface area contributed by atoms with Crippen molar-refractivity contribution in [1.29, 1.82) is 0 Å². The van der Waals surface area contributed by atoms with Crippen LogP contribution in [0.15, 0.2) is 72.8 Å². The van der Waals surface area contributed by atoms with Crippen molar-refractivity contribution in [2.45, 2.75) is 13.8 Å². The molecule has 0 aliphatic rings. The van der Waals surface area contributed by atoms with E-state index in [1.807, 2.05) is 86.6 Å². The van der Waals surface area contributed by atoms with E-state index in [4.69, 9.17) is 10.3 Å². The van der Waals surface area contributed by atoms with Crippen LogP contribution < -0.4 is 20.9 Å². The van der Waals surface area contributed by atoms with E-state index < -0.39 is 7.37 Å². The maximum atomic E-state index is 13.8. The van der Waals surface area contributed by atoms with E-state index in [2.05, 4.69) is 0 Å². The lowest BCUT2D eigenvalue weighted by Crippen LogP contribution is -2.20. The van der Waals surface area contributed by atoms with Gasteiger partial charge in [0.25, 0.3) is 0 Å². The highest BCUT2D eigenvalue weighted by Gasteiger charge is 2.30. The highest BCUT2D eigenvalue weighted by atomic mass is 31.2. The minimum absolute atomic E-state index is 0.565. The molecular formula is C20H20NO2P. The molecule has 0 spiro atoms. The fraction of sp³-hybridized carbons (Fsp3) is 0.100. The lowest BCUT2D eigenvalue weighted by Gasteiger charge is -2.21. The van der Waals surface area contributed by atoms with E-state index >= 15 is 0 Å². The smallest absolute Gasteiger partial charge is 0.306 e. The van der Waals surface area contributed by atoms with E-state index in [9.17, 15) is 4.57 Å². The molecular weight excluding hydrogens is 317 g/mol. The van der Waals surface area contributed by atoms with Gasteiger partial charge in [-0.25, -0.2) is 0 Å². The van der Waals surface area contributed by atoms with Crippen molar-refractivity contribution in [1.82, 2.24) is 0 Å². The van der Waals surface area contributed by atoms with E-state index in [1.165, 1.54) is 0 Å². The summed E-state index contributed by atoms with van der Waals surface area (Å²) in [7, 11) is -3.24. The van der Waals surface area contributed by atoms with Crippen LogP contribution in [0.5, 0.6) is 5.75 Å². The molecule has 3 aromatic rings. The summed E-state index contributed by atoms with van der Waals surface area (Å²) >= 11 is 0. The Balaban J connectivity index is 2.12. The largest absolute Gasteiger partial charge is 0.437 e. The summed E-state index contributed by atoms with van der Waals surface area (Å²) in [6.07, 6.45) is 0. The standard InChI is InChI=1S/C20H20NO2P/c1-15-13-17(14-16(2)20(15)21)23-24(22,18-9-5-3-6-10-18)19-11-7-4-8-12-19/h3-14H,21H2,1-2H3. The molecule has 0 heterocycles. The van der Waals surface area contributed by atoms with Gasteiger partial charge >= 0.3 is 7.37 Å². The molecule has 3 aromatic carbocycles. The van der Waals surface area contributed by atoms with E-state index in [0.29, 0.717) is 16.4 Å². The Morgan fingerprint density at radius 3 is 1.62 bits per heavy atom. The summed E-state index contributed by atoms with van der Waals surface area (Å²) in [5.74, 6) is 0.565. The molecule has 0 saturated carbocycles. The van der Waals surface area contributed by atoms with Gasteiger partial charge in [-0.05, 0) is 61.4 Å². The molecule has 3 rings (SSSR count). The Morgan fingerprint density at radius 2 is 1.21 bits per heavy atom. The van der Waals surface area contributed by atoms with E-state index in [-0.39, 0.29) is 0 Å². The first-order valence-corrected chi connectivity index (χ1v) is 9.41. The predicted octanol–water partition coefficient (Wildman–Crippen LogP) is 4.19. The van der Waals surface area contributed by atoms with E-state index in [0.717, 1.165) is 16.8 Å². The van der Waals surface area contributed by atoms with Gasteiger partial charge in [-0.3, -0.25) is 4.57 Å². The quantitative estimate of drug-likeness (QED) is 0.573. The second-order valence-electron chi connectivity index (χ2n) is 5.78. The van der Waals surface area contributed by atoms with Crippen LogP contribution in [-0.2, 0) is 4.57 Å². The molecule has 0 atom stereocenters. The van der Waals surface area contributed by atoms with Gasteiger partial charge in [0, 0.05) is 5.69 Å². The minimum Gasteiger partial charge on any atom is -0.437 e. The normalized spacial score (nSPS) is 11.2. The summed E-state index contributed by atoms with van der Waals surface area (Å²) in [4.78, 5) is 0. The first-order chi connectivity index (χ1) is 11.5. The van der Waals surface area contributed by atoms with Gasteiger partial charge in [0.1, 0.15) is 5.75 Å². The maximum absolute atomic E-state index is 13.8. The molecule has 0 aromatic heterocycles. The van der Waals surface area contributed by atoms with Gasteiger partial charge in [-0.15, -0.1) is 0 Å². The zero-order chi connectivity index (χ0) is 17.2. The molecule has 0 amide bonds. The van der Waals surface area contributed by atoms with E-state index in [1.54, 1.807) is 0 Å². The minimum atomic E-state index is -3.24. The van der Waals surface area contributed by atoms with Crippen LogP contribution in [0.25, 0.3) is 0 Å². The lowest BCUT2D eigenvalue weighted by atomic mass is 10.1. The third kappa shape index (κ3) is 3.08. The van der Waals surface area contributed by atoms with Crippen LogP contribution in [0.4, 0.5) is 5.69 Å². The van der Waals surface area contributed by atoms with Gasteiger partial charge in [0.15, 0.2) is 0 Å². The summed E-state index contributed by atoms with van der Waals surface area (Å²) in [6.45, 7) is 3.84. The topological polar surface area (TPSA) is 52.3 Å². The molecule has 3 nitrogen and oxygen atoms in total. The number of benzene rings is 3. The van der Waals surface area contributed by atoms with Crippen LogP contribution in [0, 0.1) is 13.8 Å². The van der Waals surface area contributed by atoms with Gasteiger partial charge in [0.05, 0.1) is 10.6 Å². The average Bonchev–Trinajstić information content (AvgIpc) is 2.61. The molecule has 0 bridgehead atoms. The molecule has 0 unspecified atom stereocenters. The van der Waals surface area contributed by atoms with Gasteiger partial charge < -0.3 is 10.3 Å². The van der Waals surface area contributed by atoms with Crippen molar-refractivity contribution in [3.05, 3.63) is 83.9 Å². The van der Waals surface area contributed by atoms with Crippen LogP contribution in [0.1, 0.15) is 11.1 Å². The monoisotopic (exact) mass is 337 g/mol. The third-order valence-electron chi connectivity index (χ3n) is 3.99. The zero-order valence-corrected chi connectivity index (χ0v) is 14.7. The predicted molar refractivity (Wildman–Crippen MR) is 101 cm³/mol. The van der Waals surface area contributed by atoms with Gasteiger partial charge in [-0.1, -0.05) is 36.4 Å². The molecule has 0 aliphatic carbocycles. The highest BCUT2D eigenvalue weighted by molar-refractivity contribution is 7.74. The summed E-state index contributed by atoms with van der Waals surface area (Å²) in [5.41, 5.74) is 8.57. The second kappa shape index (κ2) is 6.54. The summed E-state index contributed by atoms with van der Waals surface area (Å²) < 4.78 is 19.9. The molecule has 4 heteroatoms.